The minimum absolute atomic E-state index is 0.0124. The maximum Gasteiger partial charge on any atom is 0.196 e. The lowest BCUT2D eigenvalue weighted by Gasteiger charge is -2.21. The number of pyridine rings is 2. The molecule has 0 amide bonds. The van der Waals surface area contributed by atoms with Gasteiger partial charge in [-0.25, -0.2) is 4.98 Å². The monoisotopic (exact) mass is 490 g/mol. The maximum absolute atomic E-state index is 13.5. The van der Waals surface area contributed by atoms with Crippen molar-refractivity contribution in [3.8, 4) is 33.8 Å². The second kappa shape index (κ2) is 8.84. The summed E-state index contributed by atoms with van der Waals surface area (Å²) in [6, 6.07) is 18.9. The highest BCUT2D eigenvalue weighted by atomic mass is 16.1. The Morgan fingerprint density at radius 3 is 2.24 bits per heavy atom. The van der Waals surface area contributed by atoms with Gasteiger partial charge in [0.2, 0.25) is 0 Å². The summed E-state index contributed by atoms with van der Waals surface area (Å²) >= 11 is 0. The maximum atomic E-state index is 13.5. The second-order valence-corrected chi connectivity index (χ2v) is 11.8. The molecule has 0 atom stereocenters. The van der Waals surface area contributed by atoms with E-state index in [4.69, 9.17) is 4.98 Å². The Hall–Kier alpha value is -3.99. The van der Waals surface area contributed by atoms with Gasteiger partial charge < -0.3 is 9.55 Å². The second-order valence-electron chi connectivity index (χ2n) is 11.8. The van der Waals surface area contributed by atoms with E-state index in [1.807, 2.05) is 36.0 Å². The summed E-state index contributed by atoms with van der Waals surface area (Å²) in [6.45, 7) is 12.8. The van der Waals surface area contributed by atoms with Crippen molar-refractivity contribution in [2.45, 2.75) is 52.4 Å². The molecule has 37 heavy (non-hydrogen) atoms. The topological polar surface area (TPSA) is 63.6 Å². The third-order valence-corrected chi connectivity index (χ3v) is 6.98. The molecule has 5 heteroatoms. The fourth-order valence-electron chi connectivity index (χ4n) is 4.79. The standard InChI is InChI=1S/C32H34N4O/c1-31(2,3)22-16-20(15-21(17-22)26-12-8-9-14-34-26)23-11-10-13-27-28(23)35-30(36(27)7)24-18-33-19-25(29(24)37)32(4,5)6/h8-19H,1-7H3,(H,33,37). The number of nitrogens with zero attached hydrogens (tertiary/aromatic N) is 3. The number of aryl methyl sites for hydroxylation is 1. The Labute approximate surface area is 218 Å². The van der Waals surface area contributed by atoms with E-state index in [0.717, 1.165) is 39.0 Å². The summed E-state index contributed by atoms with van der Waals surface area (Å²) < 4.78 is 2.02. The first-order chi connectivity index (χ1) is 17.4. The highest BCUT2D eigenvalue weighted by Gasteiger charge is 2.23. The smallest absolute Gasteiger partial charge is 0.196 e. The Balaban J connectivity index is 1.75. The van der Waals surface area contributed by atoms with Crippen LogP contribution >= 0.6 is 0 Å². The molecule has 188 valence electrons. The number of benzene rings is 2. The van der Waals surface area contributed by atoms with Crippen LogP contribution in [0.15, 0.2) is 78.0 Å². The molecule has 3 heterocycles. The van der Waals surface area contributed by atoms with Gasteiger partial charge in [-0.3, -0.25) is 9.78 Å². The van der Waals surface area contributed by atoms with Gasteiger partial charge >= 0.3 is 0 Å². The summed E-state index contributed by atoms with van der Waals surface area (Å²) in [4.78, 5) is 26.3. The average Bonchev–Trinajstić information content (AvgIpc) is 3.19. The van der Waals surface area contributed by atoms with E-state index in [1.165, 1.54) is 5.56 Å². The van der Waals surface area contributed by atoms with Gasteiger partial charge in [0.05, 0.1) is 22.3 Å². The molecular weight excluding hydrogens is 456 g/mol. The van der Waals surface area contributed by atoms with Gasteiger partial charge in [0.15, 0.2) is 5.43 Å². The Morgan fingerprint density at radius 2 is 1.57 bits per heavy atom. The van der Waals surface area contributed by atoms with Crippen LogP contribution in [0.4, 0.5) is 0 Å². The number of rotatable bonds is 3. The largest absolute Gasteiger partial charge is 0.366 e. The van der Waals surface area contributed by atoms with E-state index in [0.29, 0.717) is 11.4 Å². The van der Waals surface area contributed by atoms with E-state index in [9.17, 15) is 4.79 Å². The minimum atomic E-state index is -0.269. The number of hydrogen-bond acceptors (Lipinski definition) is 3. The van der Waals surface area contributed by atoms with Gasteiger partial charge in [0.1, 0.15) is 5.82 Å². The van der Waals surface area contributed by atoms with Gasteiger partial charge in [-0.15, -0.1) is 0 Å². The molecule has 0 aliphatic rings. The van der Waals surface area contributed by atoms with Crippen LogP contribution in [0, 0.1) is 0 Å². The molecule has 1 N–H and O–H groups in total. The zero-order chi connectivity index (χ0) is 26.5. The lowest BCUT2D eigenvalue weighted by atomic mass is 9.83. The molecule has 0 saturated heterocycles. The molecule has 5 nitrogen and oxygen atoms in total. The molecule has 0 aliphatic carbocycles. The number of aromatic nitrogens is 4. The number of aromatic amines is 1. The van der Waals surface area contributed by atoms with Gasteiger partial charge in [-0.2, -0.15) is 0 Å². The quantitative estimate of drug-likeness (QED) is 0.290. The van der Waals surface area contributed by atoms with Crippen LogP contribution in [0.2, 0.25) is 0 Å². The van der Waals surface area contributed by atoms with Crippen molar-refractivity contribution in [1.29, 1.82) is 0 Å². The Bertz CT molecular complexity index is 1660. The predicted molar refractivity (Wildman–Crippen MR) is 153 cm³/mol. The van der Waals surface area contributed by atoms with Gasteiger partial charge in [0, 0.05) is 42.3 Å². The first kappa shape index (κ1) is 24.7. The molecule has 0 unspecified atom stereocenters. The number of fused-ring (bicyclic) bond motifs is 1. The van der Waals surface area contributed by atoms with Crippen molar-refractivity contribution in [2.75, 3.05) is 0 Å². The lowest BCUT2D eigenvalue weighted by Crippen LogP contribution is -2.24. The summed E-state index contributed by atoms with van der Waals surface area (Å²) in [5.74, 6) is 0.659. The third kappa shape index (κ3) is 4.50. The molecule has 3 aromatic heterocycles. The molecule has 2 aromatic carbocycles. The van der Waals surface area contributed by atoms with Crippen molar-refractivity contribution in [1.82, 2.24) is 19.5 Å². The van der Waals surface area contributed by atoms with Crippen molar-refractivity contribution in [3.63, 3.8) is 0 Å². The van der Waals surface area contributed by atoms with Crippen LogP contribution in [-0.4, -0.2) is 19.5 Å². The molecule has 0 bridgehead atoms. The zero-order valence-electron chi connectivity index (χ0n) is 22.7. The van der Waals surface area contributed by atoms with Crippen LogP contribution in [0.3, 0.4) is 0 Å². The fourth-order valence-corrected chi connectivity index (χ4v) is 4.79. The van der Waals surface area contributed by atoms with Crippen molar-refractivity contribution < 1.29 is 0 Å². The normalized spacial score (nSPS) is 12.3. The van der Waals surface area contributed by atoms with E-state index >= 15 is 0 Å². The van der Waals surface area contributed by atoms with Crippen LogP contribution in [0.25, 0.3) is 44.8 Å². The average molecular weight is 491 g/mol. The molecule has 0 radical (unpaired) electrons. The highest BCUT2D eigenvalue weighted by molar-refractivity contribution is 5.95. The van der Waals surface area contributed by atoms with Gasteiger partial charge in [-0.05, 0) is 52.3 Å². The number of imidazole rings is 1. The van der Waals surface area contributed by atoms with Crippen molar-refractivity contribution in [2.24, 2.45) is 7.05 Å². The van der Waals surface area contributed by atoms with E-state index < -0.39 is 0 Å². The first-order valence-electron chi connectivity index (χ1n) is 12.7. The Morgan fingerprint density at radius 1 is 0.811 bits per heavy atom. The van der Waals surface area contributed by atoms with Gasteiger partial charge in [-0.1, -0.05) is 65.8 Å². The molecule has 0 fully saturated rings. The molecule has 0 spiro atoms. The van der Waals surface area contributed by atoms with Crippen LogP contribution in [0.1, 0.15) is 52.7 Å². The molecule has 0 saturated carbocycles. The summed E-state index contributed by atoms with van der Waals surface area (Å²) in [7, 11) is 1.97. The molecular formula is C32H34N4O. The Kier molecular flexibility index (Phi) is 5.90. The van der Waals surface area contributed by atoms with E-state index in [2.05, 4.69) is 87.9 Å². The number of hydrogen-bond donors (Lipinski definition) is 1. The predicted octanol–water partition coefficient (Wildman–Crippen LogP) is 7.25. The molecule has 5 rings (SSSR count). The summed E-state index contributed by atoms with van der Waals surface area (Å²) in [5.41, 5.74) is 8.24. The SMILES string of the molecule is Cn1c(-c2c[nH]cc(C(C)(C)C)c2=O)nc2c(-c3cc(-c4ccccn4)cc(C(C)(C)C)c3)cccc21. The highest BCUT2D eigenvalue weighted by Crippen LogP contribution is 2.36. The van der Waals surface area contributed by atoms with Crippen LogP contribution in [-0.2, 0) is 17.9 Å². The van der Waals surface area contributed by atoms with E-state index in [1.54, 1.807) is 12.4 Å². The number of nitrogens with one attached hydrogen (secondary N) is 1. The lowest BCUT2D eigenvalue weighted by molar-refractivity contribution is 0.583. The molecule has 0 aliphatic heterocycles. The van der Waals surface area contributed by atoms with Gasteiger partial charge in [0.25, 0.3) is 0 Å². The van der Waals surface area contributed by atoms with E-state index in [-0.39, 0.29) is 16.3 Å². The van der Waals surface area contributed by atoms with Crippen LogP contribution < -0.4 is 5.43 Å². The molecule has 5 aromatic rings. The van der Waals surface area contributed by atoms with Crippen molar-refractivity contribution in [3.05, 3.63) is 94.5 Å². The van der Waals surface area contributed by atoms with Crippen LogP contribution in [0.5, 0.6) is 0 Å². The number of para-hydroxylation sites is 1. The minimum Gasteiger partial charge on any atom is -0.366 e. The summed E-state index contributed by atoms with van der Waals surface area (Å²) in [6.07, 6.45) is 5.39. The third-order valence-electron chi connectivity index (χ3n) is 6.98. The van der Waals surface area contributed by atoms with Crippen molar-refractivity contribution >= 4 is 11.0 Å². The number of H-pyrrole nitrogens is 1. The summed E-state index contributed by atoms with van der Waals surface area (Å²) in [5, 5.41) is 0. The zero-order valence-corrected chi connectivity index (χ0v) is 22.7. The first-order valence-corrected chi connectivity index (χ1v) is 12.7. The fraction of sp³-hybridized carbons (Fsp3) is 0.281.